The van der Waals surface area contributed by atoms with Gasteiger partial charge in [-0.3, -0.25) is 14.8 Å². The minimum atomic E-state index is -0.617. The van der Waals surface area contributed by atoms with E-state index in [0.29, 0.717) is 29.9 Å². The number of hydrogen-bond donors (Lipinski definition) is 4. The lowest BCUT2D eigenvalue weighted by atomic mass is 10.0. The molecule has 7 heteroatoms. The van der Waals surface area contributed by atoms with E-state index < -0.39 is 12.2 Å². The van der Waals surface area contributed by atoms with Crippen LogP contribution < -0.4 is 22.6 Å². The summed E-state index contributed by atoms with van der Waals surface area (Å²) in [5, 5.41) is 4.04. The molecule has 0 fully saturated rings. The fraction of sp³-hybridized carbons (Fsp3) is 0.467. The van der Waals surface area contributed by atoms with Gasteiger partial charge in [-0.15, -0.1) is 0 Å². The molecule has 1 amide bonds. The number of amidine groups is 1. The first-order chi connectivity index (χ1) is 10.3. The maximum Gasteiger partial charge on any atom is 0.270 e. The number of likely N-dealkylation sites (N-methyl/N-ethyl adjacent to an activating group) is 1. The number of nitrogens with zero attached hydrogens (tertiary/aromatic N) is 2. The van der Waals surface area contributed by atoms with Crippen molar-refractivity contribution >= 4 is 11.7 Å². The van der Waals surface area contributed by atoms with Gasteiger partial charge in [0.1, 0.15) is 6.17 Å². The summed E-state index contributed by atoms with van der Waals surface area (Å²) in [6.45, 7) is 7.58. The largest absolute Gasteiger partial charge is 0.388 e. The number of nitrogens with two attached hydrogens (primary N) is 3. The fourth-order valence-corrected chi connectivity index (χ4v) is 2.39. The van der Waals surface area contributed by atoms with Gasteiger partial charge in [-0.2, -0.15) is 0 Å². The Bertz CT molecular complexity index is 534. The molecule has 0 saturated heterocycles. The summed E-state index contributed by atoms with van der Waals surface area (Å²) in [6.07, 6.45) is 4.22. The number of rotatable bonds is 5. The van der Waals surface area contributed by atoms with Gasteiger partial charge >= 0.3 is 0 Å². The third-order valence-electron chi connectivity index (χ3n) is 3.63. The van der Waals surface area contributed by atoms with Crippen LogP contribution in [0.4, 0.5) is 0 Å². The highest BCUT2D eigenvalue weighted by molar-refractivity contribution is 5.98. The molecule has 22 heavy (non-hydrogen) atoms. The standard InChI is InChI=1S/C15H26N6O/c1-5-6-9(2)13(10(3)19-4)15(22)21(18)11-7-8-12(16)20-14(11)17/h5-6,11,14,19H,3,7-8,17-18H2,1-2,4H3,(H2,16,20)/b6-5-,13-9+. The summed E-state index contributed by atoms with van der Waals surface area (Å²) in [6, 6.07) is -0.391. The van der Waals surface area contributed by atoms with E-state index in [2.05, 4.69) is 16.9 Å². The van der Waals surface area contributed by atoms with Gasteiger partial charge in [0.25, 0.3) is 5.91 Å². The molecular formula is C15H26N6O. The van der Waals surface area contributed by atoms with Crippen LogP contribution >= 0.6 is 0 Å². The van der Waals surface area contributed by atoms with E-state index in [-0.39, 0.29) is 5.91 Å². The lowest BCUT2D eigenvalue weighted by molar-refractivity contribution is -0.130. The number of amides is 1. The van der Waals surface area contributed by atoms with E-state index in [1.807, 2.05) is 26.0 Å². The Kier molecular flexibility index (Phi) is 6.33. The smallest absolute Gasteiger partial charge is 0.270 e. The van der Waals surface area contributed by atoms with Crippen LogP contribution in [0.5, 0.6) is 0 Å². The van der Waals surface area contributed by atoms with Gasteiger partial charge in [0.2, 0.25) is 0 Å². The molecule has 0 bridgehead atoms. The maximum atomic E-state index is 12.8. The van der Waals surface area contributed by atoms with Gasteiger partial charge in [-0.1, -0.05) is 18.7 Å². The number of aliphatic imine (C=N–C) groups is 1. The van der Waals surface area contributed by atoms with E-state index >= 15 is 0 Å². The second-order valence-electron chi connectivity index (χ2n) is 5.22. The van der Waals surface area contributed by atoms with E-state index in [4.69, 9.17) is 17.3 Å². The predicted octanol–water partition coefficient (Wildman–Crippen LogP) is 0.119. The molecule has 0 saturated carbocycles. The second-order valence-corrected chi connectivity index (χ2v) is 5.22. The first kappa shape index (κ1) is 17.9. The van der Waals surface area contributed by atoms with Crippen molar-refractivity contribution in [3.63, 3.8) is 0 Å². The highest BCUT2D eigenvalue weighted by Gasteiger charge is 2.32. The molecule has 7 N–H and O–H groups in total. The average Bonchev–Trinajstić information content (AvgIpc) is 2.46. The Hall–Kier alpha value is -2.12. The van der Waals surface area contributed by atoms with Crippen LogP contribution in [0.2, 0.25) is 0 Å². The van der Waals surface area contributed by atoms with E-state index in [9.17, 15) is 4.79 Å². The first-order valence-electron chi connectivity index (χ1n) is 7.20. The molecule has 2 unspecified atom stereocenters. The molecule has 7 nitrogen and oxygen atoms in total. The molecule has 0 radical (unpaired) electrons. The molecule has 0 spiro atoms. The molecule has 2 atom stereocenters. The SMILES string of the molecule is C=C(NC)/C(C(=O)N(N)C1CCC(N)=NC1N)=C(C)\C=C/C. The molecule has 1 aliphatic rings. The molecular weight excluding hydrogens is 280 g/mol. The van der Waals surface area contributed by atoms with Crippen LogP contribution in [-0.4, -0.2) is 36.0 Å². The van der Waals surface area contributed by atoms with E-state index in [1.165, 1.54) is 0 Å². The predicted molar refractivity (Wildman–Crippen MR) is 89.4 cm³/mol. The monoisotopic (exact) mass is 306 g/mol. The van der Waals surface area contributed by atoms with Crippen molar-refractivity contribution in [2.45, 2.75) is 38.9 Å². The van der Waals surface area contributed by atoms with Gasteiger partial charge in [-0.05, 0) is 25.8 Å². The van der Waals surface area contributed by atoms with Crippen LogP contribution in [0, 0.1) is 0 Å². The van der Waals surface area contributed by atoms with Crippen LogP contribution in [0.15, 0.2) is 40.6 Å². The summed E-state index contributed by atoms with van der Waals surface area (Å²) in [4.78, 5) is 16.9. The van der Waals surface area contributed by atoms with Crippen LogP contribution in [0.25, 0.3) is 0 Å². The van der Waals surface area contributed by atoms with Crippen molar-refractivity contribution in [2.75, 3.05) is 7.05 Å². The molecule has 0 aromatic rings. The van der Waals surface area contributed by atoms with Gasteiger partial charge in [0.05, 0.1) is 17.5 Å². The maximum absolute atomic E-state index is 12.8. The highest BCUT2D eigenvalue weighted by atomic mass is 16.2. The summed E-state index contributed by atoms with van der Waals surface area (Å²) < 4.78 is 0. The number of hydrogen-bond acceptors (Lipinski definition) is 6. The third-order valence-corrected chi connectivity index (χ3v) is 3.63. The molecule has 1 aliphatic heterocycles. The highest BCUT2D eigenvalue weighted by Crippen LogP contribution is 2.20. The summed E-state index contributed by atoms with van der Waals surface area (Å²) in [7, 11) is 1.71. The lowest BCUT2D eigenvalue weighted by Crippen LogP contribution is -2.56. The Morgan fingerprint density at radius 1 is 1.55 bits per heavy atom. The lowest BCUT2D eigenvalue weighted by Gasteiger charge is -2.33. The minimum Gasteiger partial charge on any atom is -0.388 e. The Labute approximate surface area is 131 Å². The van der Waals surface area contributed by atoms with Crippen LogP contribution in [0.1, 0.15) is 26.7 Å². The number of nitrogens with one attached hydrogen (secondary N) is 1. The zero-order chi connectivity index (χ0) is 16.9. The zero-order valence-corrected chi connectivity index (χ0v) is 13.5. The Balaban J connectivity index is 3.10. The van der Waals surface area contributed by atoms with Gasteiger partial charge in [0.15, 0.2) is 0 Å². The molecule has 0 aromatic carbocycles. The first-order valence-corrected chi connectivity index (χ1v) is 7.20. The van der Waals surface area contributed by atoms with Crippen molar-refractivity contribution in [1.82, 2.24) is 10.3 Å². The Morgan fingerprint density at radius 3 is 2.68 bits per heavy atom. The second kappa shape index (κ2) is 7.77. The van der Waals surface area contributed by atoms with Crippen LogP contribution in [0.3, 0.4) is 0 Å². The summed E-state index contributed by atoms with van der Waals surface area (Å²) in [5.74, 6) is 6.17. The number of hydrazine groups is 1. The fourth-order valence-electron chi connectivity index (χ4n) is 2.39. The zero-order valence-electron chi connectivity index (χ0n) is 13.5. The van der Waals surface area contributed by atoms with Crippen LogP contribution in [-0.2, 0) is 4.79 Å². The van der Waals surface area contributed by atoms with Crippen molar-refractivity contribution in [3.8, 4) is 0 Å². The number of carbonyl (C=O) groups excluding carboxylic acids is 1. The average molecular weight is 306 g/mol. The topological polar surface area (TPSA) is 123 Å². The minimum absolute atomic E-state index is 0.342. The third kappa shape index (κ3) is 3.96. The van der Waals surface area contributed by atoms with Crippen molar-refractivity contribution in [3.05, 3.63) is 35.6 Å². The number of carbonyl (C=O) groups is 1. The van der Waals surface area contributed by atoms with Crippen molar-refractivity contribution in [2.24, 2.45) is 22.3 Å². The van der Waals surface area contributed by atoms with Crippen molar-refractivity contribution in [1.29, 1.82) is 0 Å². The quantitative estimate of drug-likeness (QED) is 0.189. The van der Waals surface area contributed by atoms with Gasteiger partial charge in [0, 0.05) is 19.2 Å². The van der Waals surface area contributed by atoms with E-state index in [0.717, 1.165) is 10.6 Å². The molecule has 0 aromatic heterocycles. The van der Waals surface area contributed by atoms with E-state index in [1.54, 1.807) is 7.05 Å². The normalized spacial score (nSPS) is 22.9. The van der Waals surface area contributed by atoms with Crippen molar-refractivity contribution < 1.29 is 4.79 Å². The van der Waals surface area contributed by atoms with Gasteiger partial charge in [-0.25, -0.2) is 5.84 Å². The molecule has 1 rings (SSSR count). The summed E-state index contributed by atoms with van der Waals surface area (Å²) in [5.41, 5.74) is 13.3. The molecule has 122 valence electrons. The molecule has 0 aliphatic carbocycles. The summed E-state index contributed by atoms with van der Waals surface area (Å²) >= 11 is 0. The number of allylic oxidation sites excluding steroid dienone is 3. The van der Waals surface area contributed by atoms with Gasteiger partial charge < -0.3 is 16.8 Å². The molecule has 1 heterocycles. The Morgan fingerprint density at radius 2 is 2.18 bits per heavy atom.